The molecule has 8 nitrogen and oxygen atoms in total. The Hall–Kier alpha value is -3.57. The van der Waals surface area contributed by atoms with Crippen LogP contribution in [0.1, 0.15) is 37.7 Å². The topological polar surface area (TPSA) is 107 Å². The SMILES string of the molecule is C=O.COc1ncc(NC2CCCCC2)cc1OCCc1cc(OC(F)(F)F)ccc1F.O=CO. The van der Waals surface area contributed by atoms with Crippen molar-refractivity contribution in [3.8, 4) is 17.4 Å². The molecule has 3 rings (SSSR count). The quantitative estimate of drug-likeness (QED) is 0.382. The average Bonchev–Trinajstić information content (AvgIpc) is 2.83. The first-order valence-corrected chi connectivity index (χ1v) is 10.6. The number of benzene rings is 1. The van der Waals surface area contributed by atoms with E-state index in [0.717, 1.165) is 36.7 Å². The first kappa shape index (κ1) is 29.5. The van der Waals surface area contributed by atoms with Gasteiger partial charge in [-0.3, -0.25) is 4.79 Å². The Labute approximate surface area is 200 Å². The van der Waals surface area contributed by atoms with Gasteiger partial charge in [-0.05, 0) is 36.6 Å². The van der Waals surface area contributed by atoms with E-state index in [2.05, 4.69) is 15.0 Å². The van der Waals surface area contributed by atoms with Crippen LogP contribution in [0.25, 0.3) is 0 Å². The Balaban J connectivity index is 0.00000114. The molecule has 2 aromatic rings. The van der Waals surface area contributed by atoms with E-state index in [4.69, 9.17) is 24.2 Å². The average molecular weight is 504 g/mol. The molecule has 0 amide bonds. The number of halogens is 4. The fraction of sp³-hybridized carbons (Fsp3) is 0.435. The lowest BCUT2D eigenvalue weighted by atomic mass is 9.95. The Bertz CT molecular complexity index is 908. The molecule has 12 heteroatoms. The minimum absolute atomic E-state index is 0.0251. The van der Waals surface area contributed by atoms with Crippen molar-refractivity contribution in [1.29, 1.82) is 0 Å². The van der Waals surface area contributed by atoms with Gasteiger partial charge in [0.15, 0.2) is 5.75 Å². The third-order valence-electron chi connectivity index (χ3n) is 4.87. The predicted octanol–water partition coefficient (Wildman–Crippen LogP) is 5.01. The third kappa shape index (κ3) is 10.9. The number of hydrogen-bond donors (Lipinski definition) is 2. The second kappa shape index (κ2) is 15.4. The smallest absolute Gasteiger partial charge is 0.488 e. The van der Waals surface area contributed by atoms with Crippen LogP contribution in [-0.4, -0.2) is 49.5 Å². The monoisotopic (exact) mass is 504 g/mol. The molecule has 1 aromatic heterocycles. The molecule has 0 unspecified atom stereocenters. The summed E-state index contributed by atoms with van der Waals surface area (Å²) >= 11 is 0. The van der Waals surface area contributed by atoms with E-state index in [1.165, 1.54) is 26.4 Å². The number of pyridine rings is 1. The van der Waals surface area contributed by atoms with Crippen LogP contribution in [0.3, 0.4) is 0 Å². The fourth-order valence-corrected chi connectivity index (χ4v) is 3.46. The van der Waals surface area contributed by atoms with Gasteiger partial charge >= 0.3 is 6.36 Å². The van der Waals surface area contributed by atoms with E-state index >= 15 is 0 Å². The molecule has 0 radical (unpaired) electrons. The van der Waals surface area contributed by atoms with Crippen molar-refractivity contribution in [2.45, 2.75) is 50.9 Å². The van der Waals surface area contributed by atoms with Crippen molar-refractivity contribution in [2.75, 3.05) is 19.0 Å². The first-order valence-electron chi connectivity index (χ1n) is 10.6. The molecule has 1 aliphatic carbocycles. The number of carboxylic acid groups (broad SMARTS) is 1. The van der Waals surface area contributed by atoms with Crippen molar-refractivity contribution >= 4 is 18.9 Å². The zero-order valence-electron chi connectivity index (χ0n) is 19.1. The first-order chi connectivity index (χ1) is 16.8. The minimum atomic E-state index is -4.84. The fourth-order valence-electron chi connectivity index (χ4n) is 3.46. The van der Waals surface area contributed by atoms with Gasteiger partial charge in [-0.2, -0.15) is 0 Å². The van der Waals surface area contributed by atoms with E-state index < -0.39 is 17.9 Å². The van der Waals surface area contributed by atoms with E-state index in [0.29, 0.717) is 11.8 Å². The molecule has 35 heavy (non-hydrogen) atoms. The summed E-state index contributed by atoms with van der Waals surface area (Å²) in [5, 5.41) is 10.3. The molecule has 1 saturated carbocycles. The summed E-state index contributed by atoms with van der Waals surface area (Å²) in [5.41, 5.74) is 0.851. The highest BCUT2D eigenvalue weighted by Gasteiger charge is 2.31. The number of nitrogens with one attached hydrogen (secondary N) is 1. The number of carbonyl (C=O) groups is 2. The standard InChI is InChI=1S/C21H24F4N2O3.CH2O2.CH2O/c1-28-20-19(12-16(13-26-20)27-15-5-3-2-4-6-15)29-10-9-14-11-17(7-8-18(14)22)30-21(23,24)25;2-1-3;1-2/h7-8,11-13,15,27H,2-6,9-10H2,1H3;1H,(H,2,3);1H2. The van der Waals surface area contributed by atoms with Crippen LogP contribution < -0.4 is 19.5 Å². The minimum Gasteiger partial charge on any atom is -0.488 e. The largest absolute Gasteiger partial charge is 0.573 e. The number of anilines is 1. The number of ether oxygens (including phenoxy) is 3. The van der Waals surface area contributed by atoms with Crippen LogP contribution in [0.5, 0.6) is 17.4 Å². The van der Waals surface area contributed by atoms with Crippen molar-refractivity contribution < 1.29 is 46.5 Å². The summed E-state index contributed by atoms with van der Waals surface area (Å²) in [4.78, 5) is 20.6. The molecule has 1 heterocycles. The third-order valence-corrected chi connectivity index (χ3v) is 4.87. The highest BCUT2D eigenvalue weighted by molar-refractivity contribution is 5.51. The summed E-state index contributed by atoms with van der Waals surface area (Å²) in [6.07, 6.45) is 2.69. The molecular formula is C23H28F4N2O6. The molecule has 1 aliphatic rings. The van der Waals surface area contributed by atoms with Gasteiger partial charge in [0.25, 0.3) is 12.4 Å². The summed E-state index contributed by atoms with van der Waals surface area (Å²) in [5.74, 6) is -0.456. The van der Waals surface area contributed by atoms with Crippen LogP contribution >= 0.6 is 0 Å². The summed E-state index contributed by atoms with van der Waals surface area (Å²) < 4.78 is 65.8. The van der Waals surface area contributed by atoms with E-state index in [9.17, 15) is 17.6 Å². The summed E-state index contributed by atoms with van der Waals surface area (Å²) in [7, 11) is 1.46. The zero-order chi connectivity index (χ0) is 26.3. The normalized spacial score (nSPS) is 13.3. The maximum Gasteiger partial charge on any atom is 0.573 e. The number of hydrogen-bond acceptors (Lipinski definition) is 7. The van der Waals surface area contributed by atoms with Gasteiger partial charge in [0.1, 0.15) is 18.4 Å². The summed E-state index contributed by atoms with van der Waals surface area (Å²) in [6.45, 7) is 1.78. The van der Waals surface area contributed by atoms with Crippen molar-refractivity contribution in [2.24, 2.45) is 0 Å². The molecular weight excluding hydrogens is 476 g/mol. The molecule has 1 fully saturated rings. The van der Waals surface area contributed by atoms with Crippen LogP contribution in [0.2, 0.25) is 0 Å². The van der Waals surface area contributed by atoms with Gasteiger partial charge < -0.3 is 29.4 Å². The van der Waals surface area contributed by atoms with Gasteiger partial charge in [-0.25, -0.2) is 9.37 Å². The number of nitrogens with zero attached hydrogens (tertiary/aromatic N) is 1. The van der Waals surface area contributed by atoms with Crippen molar-refractivity contribution in [3.05, 3.63) is 41.8 Å². The molecule has 0 aliphatic heterocycles. The molecule has 194 valence electrons. The molecule has 0 saturated heterocycles. The maximum atomic E-state index is 14.0. The molecule has 0 atom stereocenters. The lowest BCUT2D eigenvalue weighted by Crippen LogP contribution is -2.22. The van der Waals surface area contributed by atoms with Crippen molar-refractivity contribution in [3.63, 3.8) is 0 Å². The Morgan fingerprint density at radius 3 is 2.46 bits per heavy atom. The van der Waals surface area contributed by atoms with Gasteiger partial charge in [-0.15, -0.1) is 13.2 Å². The Morgan fingerprint density at radius 2 is 1.86 bits per heavy atom. The number of alkyl halides is 3. The zero-order valence-corrected chi connectivity index (χ0v) is 19.1. The van der Waals surface area contributed by atoms with Crippen molar-refractivity contribution in [1.82, 2.24) is 4.98 Å². The molecule has 1 aromatic carbocycles. The molecule has 0 bridgehead atoms. The Kier molecular flexibility index (Phi) is 12.9. The Morgan fingerprint density at radius 1 is 1.20 bits per heavy atom. The van der Waals surface area contributed by atoms with E-state index in [1.54, 1.807) is 12.3 Å². The number of aromatic nitrogens is 1. The number of carbonyl (C=O) groups excluding carboxylic acids is 1. The predicted molar refractivity (Wildman–Crippen MR) is 119 cm³/mol. The lowest BCUT2D eigenvalue weighted by molar-refractivity contribution is -0.274. The second-order valence-electron chi connectivity index (χ2n) is 7.22. The molecule has 2 N–H and O–H groups in total. The highest BCUT2D eigenvalue weighted by Crippen LogP contribution is 2.30. The van der Waals surface area contributed by atoms with Gasteiger partial charge in [0, 0.05) is 18.5 Å². The van der Waals surface area contributed by atoms with Crippen LogP contribution in [0, 0.1) is 5.82 Å². The highest BCUT2D eigenvalue weighted by atomic mass is 19.4. The summed E-state index contributed by atoms with van der Waals surface area (Å²) in [6, 6.07) is 5.03. The van der Waals surface area contributed by atoms with Gasteiger partial charge in [0.05, 0.1) is 25.6 Å². The van der Waals surface area contributed by atoms with Gasteiger partial charge in [0.2, 0.25) is 0 Å². The maximum absolute atomic E-state index is 14.0. The second-order valence-corrected chi connectivity index (χ2v) is 7.22. The van der Waals surface area contributed by atoms with Crippen LogP contribution in [0.15, 0.2) is 30.5 Å². The van der Waals surface area contributed by atoms with E-state index in [1.807, 2.05) is 6.79 Å². The van der Waals surface area contributed by atoms with Crippen LogP contribution in [-0.2, 0) is 16.0 Å². The van der Waals surface area contributed by atoms with Crippen LogP contribution in [0.4, 0.5) is 23.2 Å². The van der Waals surface area contributed by atoms with E-state index in [-0.39, 0.29) is 30.9 Å². The molecule has 0 spiro atoms. The number of rotatable bonds is 8. The van der Waals surface area contributed by atoms with Gasteiger partial charge in [-0.1, -0.05) is 19.3 Å². The lowest BCUT2D eigenvalue weighted by Gasteiger charge is -2.24. The number of methoxy groups -OCH3 is 1.